The van der Waals surface area contributed by atoms with E-state index in [0.717, 1.165) is 16.0 Å². The Kier molecular flexibility index (Phi) is 4.16. The fourth-order valence-corrected chi connectivity index (χ4v) is 1.93. The van der Waals surface area contributed by atoms with Gasteiger partial charge in [-0.15, -0.1) is 12.6 Å². The van der Waals surface area contributed by atoms with Crippen LogP contribution < -0.4 is 0 Å². The molecular formula is C11H16O3S. The summed E-state index contributed by atoms with van der Waals surface area (Å²) in [5, 5.41) is 9.34. The lowest BCUT2D eigenvalue weighted by molar-refractivity contribution is -0.237. The maximum absolute atomic E-state index is 9.34. The van der Waals surface area contributed by atoms with Gasteiger partial charge in [0, 0.05) is 24.7 Å². The van der Waals surface area contributed by atoms with Gasteiger partial charge in [0.1, 0.15) is 6.61 Å². The van der Waals surface area contributed by atoms with Gasteiger partial charge in [-0.25, -0.2) is 0 Å². The first kappa shape index (κ1) is 12.5. The number of aryl methyl sites for hydroxylation is 1. The molecule has 0 spiro atoms. The Labute approximate surface area is 95.4 Å². The summed E-state index contributed by atoms with van der Waals surface area (Å²) in [6.07, 6.45) is 0. The van der Waals surface area contributed by atoms with Crippen LogP contribution in [-0.4, -0.2) is 25.9 Å². The molecule has 0 bridgehead atoms. The topological polar surface area (TPSA) is 38.7 Å². The van der Waals surface area contributed by atoms with Crippen molar-refractivity contribution in [1.29, 1.82) is 0 Å². The van der Waals surface area contributed by atoms with Crippen molar-refractivity contribution in [1.82, 2.24) is 0 Å². The largest absolute Gasteiger partial charge is 0.390 e. The van der Waals surface area contributed by atoms with E-state index in [0.29, 0.717) is 0 Å². The molecule has 0 aromatic heterocycles. The van der Waals surface area contributed by atoms with Crippen LogP contribution in [0.1, 0.15) is 11.1 Å². The zero-order chi connectivity index (χ0) is 11.5. The van der Waals surface area contributed by atoms with E-state index in [2.05, 4.69) is 12.6 Å². The zero-order valence-electron chi connectivity index (χ0n) is 9.15. The lowest BCUT2D eigenvalue weighted by Crippen LogP contribution is -2.35. The Balaban J connectivity index is 3.22. The number of methoxy groups -OCH3 is 2. The first-order chi connectivity index (χ1) is 7.09. The van der Waals surface area contributed by atoms with Gasteiger partial charge in [0.15, 0.2) is 0 Å². The third kappa shape index (κ3) is 2.34. The van der Waals surface area contributed by atoms with Crippen LogP contribution in [0.25, 0.3) is 0 Å². The number of aliphatic hydroxyl groups excluding tert-OH is 1. The average molecular weight is 228 g/mol. The molecule has 1 aromatic rings. The predicted octanol–water partition coefficient (Wildman–Crippen LogP) is 1.72. The highest BCUT2D eigenvalue weighted by Gasteiger charge is 2.33. The van der Waals surface area contributed by atoms with Crippen molar-refractivity contribution in [3.8, 4) is 0 Å². The second-order valence-corrected chi connectivity index (χ2v) is 3.82. The molecule has 0 aliphatic carbocycles. The van der Waals surface area contributed by atoms with Crippen molar-refractivity contribution < 1.29 is 14.6 Å². The number of thiol groups is 1. The highest BCUT2D eigenvalue weighted by molar-refractivity contribution is 7.80. The van der Waals surface area contributed by atoms with Gasteiger partial charge in [-0.1, -0.05) is 17.7 Å². The van der Waals surface area contributed by atoms with Gasteiger partial charge >= 0.3 is 0 Å². The molecule has 84 valence electrons. The maximum atomic E-state index is 9.34. The number of ether oxygens (including phenoxy) is 2. The normalized spacial score (nSPS) is 11.8. The minimum absolute atomic E-state index is 0.253. The molecule has 0 heterocycles. The van der Waals surface area contributed by atoms with Crippen LogP contribution >= 0.6 is 12.6 Å². The fourth-order valence-electron chi connectivity index (χ4n) is 1.48. The van der Waals surface area contributed by atoms with E-state index in [9.17, 15) is 5.11 Å². The Bertz CT molecular complexity index is 326. The van der Waals surface area contributed by atoms with Crippen LogP contribution in [0.5, 0.6) is 0 Å². The first-order valence-electron chi connectivity index (χ1n) is 4.61. The first-order valence-corrected chi connectivity index (χ1v) is 5.05. The summed E-state index contributed by atoms with van der Waals surface area (Å²) >= 11 is 4.35. The molecular weight excluding hydrogens is 212 g/mol. The van der Waals surface area contributed by atoms with Gasteiger partial charge in [0.05, 0.1) is 0 Å². The van der Waals surface area contributed by atoms with Crippen molar-refractivity contribution >= 4 is 12.6 Å². The highest BCUT2D eigenvalue weighted by atomic mass is 32.1. The summed E-state index contributed by atoms with van der Waals surface area (Å²) in [6.45, 7) is 1.72. The monoisotopic (exact) mass is 228 g/mol. The van der Waals surface area contributed by atoms with Gasteiger partial charge < -0.3 is 14.6 Å². The third-order valence-electron chi connectivity index (χ3n) is 2.43. The summed E-state index contributed by atoms with van der Waals surface area (Å²) in [7, 11) is 2.99. The summed E-state index contributed by atoms with van der Waals surface area (Å²) in [5.74, 6) is -1.12. The van der Waals surface area contributed by atoms with Gasteiger partial charge in [0.25, 0.3) is 0 Å². The molecule has 1 N–H and O–H groups in total. The second-order valence-electron chi connectivity index (χ2n) is 3.34. The molecule has 0 aliphatic heterocycles. The van der Waals surface area contributed by atoms with Crippen LogP contribution in [0.4, 0.5) is 0 Å². The standard InChI is InChI=1S/C11H16O3S/c1-8-4-5-9(10(15)6-8)11(7-12,13-2)14-3/h4-6,12,15H,7H2,1-3H3. The molecule has 0 atom stereocenters. The van der Waals surface area contributed by atoms with Crippen LogP contribution in [0, 0.1) is 6.92 Å². The Morgan fingerprint density at radius 2 is 1.93 bits per heavy atom. The van der Waals surface area contributed by atoms with Gasteiger partial charge in [-0.2, -0.15) is 0 Å². The van der Waals surface area contributed by atoms with E-state index in [-0.39, 0.29) is 6.61 Å². The number of hydrogen-bond donors (Lipinski definition) is 2. The molecule has 1 aromatic carbocycles. The number of aliphatic hydroxyl groups is 1. The van der Waals surface area contributed by atoms with E-state index < -0.39 is 5.79 Å². The summed E-state index contributed by atoms with van der Waals surface area (Å²) in [6, 6.07) is 5.68. The van der Waals surface area contributed by atoms with E-state index in [4.69, 9.17) is 9.47 Å². The molecule has 0 saturated carbocycles. The molecule has 3 nitrogen and oxygen atoms in total. The van der Waals surface area contributed by atoms with Crippen LogP contribution in [0.3, 0.4) is 0 Å². The quantitative estimate of drug-likeness (QED) is 0.609. The van der Waals surface area contributed by atoms with Gasteiger partial charge in [-0.05, 0) is 13.0 Å². The maximum Gasteiger partial charge on any atom is 0.219 e. The highest BCUT2D eigenvalue weighted by Crippen LogP contribution is 2.31. The number of rotatable bonds is 4. The molecule has 1 rings (SSSR count). The summed E-state index contributed by atoms with van der Waals surface area (Å²) < 4.78 is 10.4. The SMILES string of the molecule is COC(CO)(OC)c1ccc(C)cc1S. The Hall–Kier alpha value is -0.550. The van der Waals surface area contributed by atoms with E-state index >= 15 is 0 Å². The Morgan fingerprint density at radius 3 is 2.33 bits per heavy atom. The van der Waals surface area contributed by atoms with E-state index in [1.165, 1.54) is 14.2 Å². The lowest BCUT2D eigenvalue weighted by Gasteiger charge is -2.30. The van der Waals surface area contributed by atoms with Gasteiger partial charge in [-0.3, -0.25) is 0 Å². The van der Waals surface area contributed by atoms with Crippen LogP contribution in [-0.2, 0) is 15.3 Å². The predicted molar refractivity (Wildman–Crippen MR) is 61.2 cm³/mol. The van der Waals surface area contributed by atoms with Crippen molar-refractivity contribution in [2.24, 2.45) is 0 Å². The number of benzene rings is 1. The van der Waals surface area contributed by atoms with E-state index in [1.54, 1.807) is 0 Å². The molecule has 0 saturated heterocycles. The van der Waals surface area contributed by atoms with Crippen molar-refractivity contribution in [3.05, 3.63) is 29.3 Å². The molecule has 15 heavy (non-hydrogen) atoms. The molecule has 0 amide bonds. The molecule has 0 unspecified atom stereocenters. The molecule has 0 aliphatic rings. The van der Waals surface area contributed by atoms with Crippen molar-refractivity contribution in [2.45, 2.75) is 17.6 Å². The minimum Gasteiger partial charge on any atom is -0.390 e. The number of hydrogen-bond acceptors (Lipinski definition) is 4. The third-order valence-corrected chi connectivity index (χ3v) is 2.80. The summed E-state index contributed by atoms with van der Waals surface area (Å²) in [4.78, 5) is 0.743. The smallest absolute Gasteiger partial charge is 0.219 e. The van der Waals surface area contributed by atoms with Gasteiger partial charge in [0.2, 0.25) is 5.79 Å². The van der Waals surface area contributed by atoms with Crippen LogP contribution in [0.15, 0.2) is 23.1 Å². The zero-order valence-corrected chi connectivity index (χ0v) is 10.0. The second kappa shape index (κ2) is 4.99. The van der Waals surface area contributed by atoms with Crippen molar-refractivity contribution in [2.75, 3.05) is 20.8 Å². The molecule has 0 fully saturated rings. The lowest BCUT2D eigenvalue weighted by atomic mass is 10.0. The summed E-state index contributed by atoms with van der Waals surface area (Å²) in [5.41, 5.74) is 1.83. The molecule has 0 radical (unpaired) electrons. The minimum atomic E-state index is -1.12. The van der Waals surface area contributed by atoms with Crippen LogP contribution in [0.2, 0.25) is 0 Å². The average Bonchev–Trinajstić information content (AvgIpc) is 2.23. The fraction of sp³-hybridized carbons (Fsp3) is 0.455. The Morgan fingerprint density at radius 1 is 1.33 bits per heavy atom. The van der Waals surface area contributed by atoms with Crippen molar-refractivity contribution in [3.63, 3.8) is 0 Å². The molecule has 4 heteroatoms. The van der Waals surface area contributed by atoms with E-state index in [1.807, 2.05) is 25.1 Å².